The van der Waals surface area contributed by atoms with Crippen LogP contribution in [0.4, 0.5) is 5.69 Å². The van der Waals surface area contributed by atoms with Gasteiger partial charge < -0.3 is 10.8 Å². The largest absolute Gasteiger partial charge is 0.480 e. The van der Waals surface area contributed by atoms with Gasteiger partial charge in [0, 0.05) is 6.20 Å². The minimum absolute atomic E-state index is 0. The minimum atomic E-state index is -0.924. The minimum Gasteiger partial charge on any atom is -0.480 e. The Bertz CT molecular complexity index is 268. The lowest BCUT2D eigenvalue weighted by Gasteiger charge is -1.92. The normalized spacial score (nSPS) is 8.38. The summed E-state index contributed by atoms with van der Waals surface area (Å²) in [6.45, 7) is 1.59. The third kappa shape index (κ3) is 4.00. The number of nitrogen functional groups attached to an aromatic ring is 1. The van der Waals surface area contributed by atoms with Crippen molar-refractivity contribution in [2.24, 2.45) is 0 Å². The number of anilines is 1. The van der Waals surface area contributed by atoms with E-state index in [1.165, 1.54) is 10.9 Å². The van der Waals surface area contributed by atoms with E-state index in [0.717, 1.165) is 0 Å². The molecule has 76 valence electrons. The van der Waals surface area contributed by atoms with Gasteiger partial charge in [0.25, 0.3) is 0 Å². The highest BCUT2D eigenvalue weighted by molar-refractivity contribution is 5.85. The average molecular weight is 228 g/mol. The molecule has 3 N–H and O–H groups in total. The number of aryl methyl sites for hydroxylation is 1. The molecule has 0 aliphatic carbocycles. The maximum Gasteiger partial charge on any atom is 0.325 e. The summed E-state index contributed by atoms with van der Waals surface area (Å²) in [6.07, 6.45) is 1.50. The number of hydrogen-bond donors (Lipinski definition) is 2. The monoisotopic (exact) mass is 227 g/mol. The van der Waals surface area contributed by atoms with E-state index in [1.807, 2.05) is 0 Å². The lowest BCUT2D eigenvalue weighted by Crippen LogP contribution is -2.08. The van der Waals surface area contributed by atoms with Gasteiger partial charge >= 0.3 is 5.97 Å². The second kappa shape index (κ2) is 5.66. The Morgan fingerprint density at radius 2 is 2.23 bits per heavy atom. The van der Waals surface area contributed by atoms with E-state index in [-0.39, 0.29) is 31.4 Å². The van der Waals surface area contributed by atoms with Gasteiger partial charge in [-0.1, -0.05) is 0 Å². The standard InChI is InChI=1S/C6H9N3O2.2ClH/c1-4-5(7)2-9(8-4)3-6(10)11;;/h2H,3,7H2,1H3,(H,10,11);2*1H. The van der Waals surface area contributed by atoms with E-state index in [0.29, 0.717) is 11.4 Å². The third-order valence-electron chi connectivity index (χ3n) is 1.28. The molecule has 0 saturated carbocycles. The number of rotatable bonds is 2. The third-order valence-corrected chi connectivity index (χ3v) is 1.28. The van der Waals surface area contributed by atoms with E-state index in [9.17, 15) is 4.79 Å². The van der Waals surface area contributed by atoms with Gasteiger partial charge in [0.1, 0.15) is 6.54 Å². The molecule has 7 heteroatoms. The molecule has 0 saturated heterocycles. The topological polar surface area (TPSA) is 81.1 Å². The van der Waals surface area contributed by atoms with Crippen LogP contribution in [0.25, 0.3) is 0 Å². The Labute approximate surface area is 87.7 Å². The van der Waals surface area contributed by atoms with Crippen LogP contribution in [0.2, 0.25) is 0 Å². The molecule has 0 radical (unpaired) electrons. The molecule has 1 aromatic rings. The van der Waals surface area contributed by atoms with Crippen LogP contribution in [-0.2, 0) is 11.3 Å². The first kappa shape index (κ1) is 14.6. The van der Waals surface area contributed by atoms with Crippen molar-refractivity contribution < 1.29 is 9.90 Å². The van der Waals surface area contributed by atoms with Crippen molar-refractivity contribution in [3.8, 4) is 0 Å². The molecular formula is C6H11Cl2N3O2. The number of carboxylic acids is 1. The van der Waals surface area contributed by atoms with Gasteiger partial charge in [-0.15, -0.1) is 24.8 Å². The quantitative estimate of drug-likeness (QED) is 0.780. The van der Waals surface area contributed by atoms with Gasteiger partial charge in [-0.2, -0.15) is 5.10 Å². The van der Waals surface area contributed by atoms with Crippen molar-refractivity contribution in [1.29, 1.82) is 0 Å². The second-order valence-corrected chi connectivity index (χ2v) is 2.26. The fourth-order valence-electron chi connectivity index (χ4n) is 0.753. The van der Waals surface area contributed by atoms with Crippen LogP contribution in [0.15, 0.2) is 6.20 Å². The van der Waals surface area contributed by atoms with E-state index in [4.69, 9.17) is 10.8 Å². The molecule has 0 bridgehead atoms. The maximum absolute atomic E-state index is 10.2. The average Bonchev–Trinajstić information content (AvgIpc) is 2.10. The summed E-state index contributed by atoms with van der Waals surface area (Å²) < 4.78 is 1.30. The highest BCUT2D eigenvalue weighted by Gasteiger charge is 2.03. The predicted molar refractivity (Wildman–Crippen MR) is 53.5 cm³/mol. The Balaban J connectivity index is 0. The molecule has 0 spiro atoms. The lowest BCUT2D eigenvalue weighted by molar-refractivity contribution is -0.137. The van der Waals surface area contributed by atoms with Crippen LogP contribution in [0, 0.1) is 6.92 Å². The molecule has 0 aliphatic rings. The fraction of sp³-hybridized carbons (Fsp3) is 0.333. The number of nitrogens with two attached hydrogens (primary N) is 1. The summed E-state index contributed by atoms with van der Waals surface area (Å²) in [5.74, 6) is -0.924. The number of carboxylic acid groups (broad SMARTS) is 1. The van der Waals surface area contributed by atoms with E-state index < -0.39 is 5.97 Å². The summed E-state index contributed by atoms with van der Waals surface area (Å²) in [5.41, 5.74) is 6.62. The second-order valence-electron chi connectivity index (χ2n) is 2.26. The first-order chi connectivity index (χ1) is 5.09. The number of nitrogens with zero attached hydrogens (tertiary/aromatic N) is 2. The van der Waals surface area contributed by atoms with E-state index in [2.05, 4.69) is 5.10 Å². The van der Waals surface area contributed by atoms with Crippen LogP contribution in [-0.4, -0.2) is 20.9 Å². The van der Waals surface area contributed by atoms with Crippen molar-refractivity contribution in [3.05, 3.63) is 11.9 Å². The van der Waals surface area contributed by atoms with E-state index in [1.54, 1.807) is 6.92 Å². The number of hydrogen-bond acceptors (Lipinski definition) is 3. The molecule has 0 amide bonds. The van der Waals surface area contributed by atoms with Gasteiger partial charge in [-0.3, -0.25) is 9.48 Å². The maximum atomic E-state index is 10.2. The van der Waals surface area contributed by atoms with Gasteiger partial charge in [-0.05, 0) is 6.92 Å². The van der Waals surface area contributed by atoms with Crippen molar-refractivity contribution in [2.75, 3.05) is 5.73 Å². The summed E-state index contributed by atoms with van der Waals surface area (Å²) in [7, 11) is 0. The number of aliphatic carboxylic acids is 1. The summed E-state index contributed by atoms with van der Waals surface area (Å²) in [6, 6.07) is 0. The van der Waals surface area contributed by atoms with Gasteiger partial charge in [0.05, 0.1) is 11.4 Å². The molecule has 0 fully saturated rings. The molecule has 13 heavy (non-hydrogen) atoms. The van der Waals surface area contributed by atoms with Crippen LogP contribution >= 0.6 is 24.8 Å². The summed E-state index contributed by atoms with van der Waals surface area (Å²) in [4.78, 5) is 10.2. The first-order valence-corrected chi connectivity index (χ1v) is 3.11. The zero-order valence-corrected chi connectivity index (χ0v) is 8.56. The van der Waals surface area contributed by atoms with Gasteiger partial charge in [0.2, 0.25) is 0 Å². The molecule has 0 aliphatic heterocycles. The van der Waals surface area contributed by atoms with Crippen LogP contribution < -0.4 is 5.73 Å². The molecule has 5 nitrogen and oxygen atoms in total. The molecule has 1 heterocycles. The van der Waals surface area contributed by atoms with E-state index >= 15 is 0 Å². The number of halogens is 2. The molecule has 1 rings (SSSR count). The molecule has 0 aromatic carbocycles. The highest BCUT2D eigenvalue weighted by atomic mass is 35.5. The fourth-order valence-corrected chi connectivity index (χ4v) is 0.753. The molecule has 0 unspecified atom stereocenters. The molecular weight excluding hydrogens is 217 g/mol. The zero-order valence-electron chi connectivity index (χ0n) is 6.93. The van der Waals surface area contributed by atoms with Crippen LogP contribution in [0.1, 0.15) is 5.69 Å². The smallest absolute Gasteiger partial charge is 0.325 e. The van der Waals surface area contributed by atoms with Crippen LogP contribution in [0.3, 0.4) is 0 Å². The van der Waals surface area contributed by atoms with Crippen molar-refractivity contribution in [3.63, 3.8) is 0 Å². The Hall–Kier alpha value is -0.940. The van der Waals surface area contributed by atoms with Crippen molar-refractivity contribution in [1.82, 2.24) is 9.78 Å². The summed E-state index contributed by atoms with van der Waals surface area (Å²) >= 11 is 0. The molecule has 1 aromatic heterocycles. The van der Waals surface area contributed by atoms with Crippen molar-refractivity contribution >= 4 is 36.5 Å². The molecule has 0 atom stereocenters. The van der Waals surface area contributed by atoms with Crippen LogP contribution in [0.5, 0.6) is 0 Å². The van der Waals surface area contributed by atoms with Crippen molar-refractivity contribution in [2.45, 2.75) is 13.5 Å². The Morgan fingerprint density at radius 3 is 2.54 bits per heavy atom. The predicted octanol–water partition coefficient (Wildman–Crippen LogP) is 0.702. The number of aromatic nitrogens is 2. The first-order valence-electron chi connectivity index (χ1n) is 3.11. The lowest BCUT2D eigenvalue weighted by atomic mass is 10.4. The summed E-state index contributed by atoms with van der Waals surface area (Å²) in [5, 5.41) is 12.2. The Kier molecular flexibility index (Phi) is 6.35. The zero-order chi connectivity index (χ0) is 8.43. The van der Waals surface area contributed by atoms with Gasteiger partial charge in [-0.25, -0.2) is 0 Å². The number of carbonyl (C=O) groups is 1. The SMILES string of the molecule is Cc1nn(CC(=O)O)cc1N.Cl.Cl. The Morgan fingerprint density at radius 1 is 1.69 bits per heavy atom. The highest BCUT2D eigenvalue weighted by Crippen LogP contribution is 2.05. The van der Waals surface area contributed by atoms with Gasteiger partial charge in [0.15, 0.2) is 0 Å².